The highest BCUT2D eigenvalue weighted by molar-refractivity contribution is 5.78. The van der Waals surface area contributed by atoms with E-state index in [0.717, 1.165) is 31.5 Å². The first kappa shape index (κ1) is 15.7. The van der Waals surface area contributed by atoms with Crippen LogP contribution in [0.15, 0.2) is 24.3 Å². The Hall–Kier alpha value is -1.35. The molecule has 0 saturated heterocycles. The van der Waals surface area contributed by atoms with E-state index in [1.165, 1.54) is 18.4 Å². The molecule has 3 heteroatoms. The van der Waals surface area contributed by atoms with Crippen LogP contribution in [0.2, 0.25) is 0 Å². The lowest BCUT2D eigenvalue weighted by Gasteiger charge is -2.06. The van der Waals surface area contributed by atoms with Crippen LogP contribution in [0.5, 0.6) is 0 Å². The summed E-state index contributed by atoms with van der Waals surface area (Å²) in [6.45, 7) is 3.88. The van der Waals surface area contributed by atoms with Gasteiger partial charge in [0.1, 0.15) is 0 Å². The highest BCUT2D eigenvalue weighted by Gasteiger charge is 2.02. The summed E-state index contributed by atoms with van der Waals surface area (Å²) in [6.07, 6.45) is 5.03. The van der Waals surface area contributed by atoms with Gasteiger partial charge in [-0.3, -0.25) is 4.79 Å². The van der Waals surface area contributed by atoms with Gasteiger partial charge in [0.2, 0.25) is 5.91 Å². The van der Waals surface area contributed by atoms with Crippen LogP contribution in [0, 0.1) is 0 Å². The molecule has 0 saturated carbocycles. The Kier molecular flexibility index (Phi) is 7.91. The Labute approximate surface area is 116 Å². The van der Waals surface area contributed by atoms with Gasteiger partial charge in [-0.25, -0.2) is 0 Å². The van der Waals surface area contributed by atoms with Crippen molar-refractivity contribution >= 4 is 5.91 Å². The minimum atomic E-state index is 0.109. The molecule has 0 aliphatic carbocycles. The van der Waals surface area contributed by atoms with Gasteiger partial charge in [-0.2, -0.15) is 0 Å². The van der Waals surface area contributed by atoms with E-state index >= 15 is 0 Å². The molecule has 1 rings (SSSR count). The summed E-state index contributed by atoms with van der Waals surface area (Å²) in [6, 6.07) is 8.41. The van der Waals surface area contributed by atoms with Gasteiger partial charge < -0.3 is 10.6 Å². The average molecular weight is 262 g/mol. The van der Waals surface area contributed by atoms with Crippen LogP contribution >= 0.6 is 0 Å². The monoisotopic (exact) mass is 262 g/mol. The van der Waals surface area contributed by atoms with Crippen molar-refractivity contribution in [1.29, 1.82) is 0 Å². The molecule has 0 aliphatic heterocycles. The number of amides is 1. The zero-order valence-corrected chi connectivity index (χ0v) is 12.2. The number of rotatable bonds is 9. The first-order valence-electron chi connectivity index (χ1n) is 7.25. The first-order chi connectivity index (χ1) is 9.26. The lowest BCUT2D eigenvalue weighted by Crippen LogP contribution is -2.27. The number of benzene rings is 1. The van der Waals surface area contributed by atoms with E-state index in [4.69, 9.17) is 0 Å². The molecule has 0 heterocycles. The van der Waals surface area contributed by atoms with E-state index in [1.807, 2.05) is 7.05 Å². The fraction of sp³-hybridized carbons (Fsp3) is 0.562. The maximum absolute atomic E-state index is 11.7. The lowest BCUT2D eigenvalue weighted by molar-refractivity contribution is -0.120. The van der Waals surface area contributed by atoms with Gasteiger partial charge in [0.05, 0.1) is 6.42 Å². The van der Waals surface area contributed by atoms with Crippen molar-refractivity contribution in [2.45, 2.75) is 39.0 Å². The van der Waals surface area contributed by atoms with E-state index in [0.29, 0.717) is 6.42 Å². The fourth-order valence-corrected chi connectivity index (χ4v) is 1.95. The van der Waals surface area contributed by atoms with Gasteiger partial charge in [0, 0.05) is 6.54 Å². The maximum atomic E-state index is 11.7. The summed E-state index contributed by atoms with van der Waals surface area (Å²) < 4.78 is 0. The zero-order valence-electron chi connectivity index (χ0n) is 12.2. The van der Waals surface area contributed by atoms with Crippen molar-refractivity contribution in [1.82, 2.24) is 10.6 Å². The Morgan fingerprint density at radius 3 is 2.37 bits per heavy atom. The van der Waals surface area contributed by atoms with Crippen LogP contribution in [0.4, 0.5) is 0 Å². The van der Waals surface area contributed by atoms with Crippen molar-refractivity contribution < 1.29 is 4.79 Å². The molecule has 0 atom stereocenters. The van der Waals surface area contributed by atoms with Crippen molar-refractivity contribution in [2.75, 3.05) is 20.1 Å². The van der Waals surface area contributed by atoms with Crippen molar-refractivity contribution in [3.8, 4) is 0 Å². The minimum Gasteiger partial charge on any atom is -0.356 e. The lowest BCUT2D eigenvalue weighted by atomic mass is 10.0. The second kappa shape index (κ2) is 9.56. The number of nitrogens with one attached hydrogen (secondary N) is 2. The van der Waals surface area contributed by atoms with Gasteiger partial charge in [0.15, 0.2) is 0 Å². The molecule has 106 valence electrons. The fourth-order valence-electron chi connectivity index (χ4n) is 1.95. The molecule has 1 aromatic rings. The molecule has 0 bridgehead atoms. The molecule has 1 aromatic carbocycles. The average Bonchev–Trinajstić information content (AvgIpc) is 2.43. The largest absolute Gasteiger partial charge is 0.356 e. The number of aryl methyl sites for hydroxylation is 1. The van der Waals surface area contributed by atoms with E-state index in [-0.39, 0.29) is 5.91 Å². The summed E-state index contributed by atoms with van der Waals surface area (Å²) in [4.78, 5) is 11.7. The predicted molar refractivity (Wildman–Crippen MR) is 80.3 cm³/mol. The Morgan fingerprint density at radius 1 is 1.05 bits per heavy atom. The summed E-state index contributed by atoms with van der Waals surface area (Å²) in [5, 5.41) is 6.00. The van der Waals surface area contributed by atoms with Crippen LogP contribution in [0.25, 0.3) is 0 Å². The molecular formula is C16H26N2O. The van der Waals surface area contributed by atoms with Crippen molar-refractivity contribution in [2.24, 2.45) is 0 Å². The number of hydrogen-bond donors (Lipinski definition) is 2. The van der Waals surface area contributed by atoms with Gasteiger partial charge >= 0.3 is 0 Å². The molecule has 0 radical (unpaired) electrons. The minimum absolute atomic E-state index is 0.109. The third-order valence-corrected chi connectivity index (χ3v) is 3.13. The van der Waals surface area contributed by atoms with E-state index in [2.05, 4.69) is 41.8 Å². The van der Waals surface area contributed by atoms with Crippen molar-refractivity contribution in [3.63, 3.8) is 0 Å². The summed E-state index contributed by atoms with van der Waals surface area (Å²) in [7, 11) is 1.92. The van der Waals surface area contributed by atoms with Gasteiger partial charge in [-0.15, -0.1) is 0 Å². The molecule has 0 spiro atoms. The van der Waals surface area contributed by atoms with Crippen molar-refractivity contribution in [3.05, 3.63) is 35.4 Å². The van der Waals surface area contributed by atoms with Gasteiger partial charge in [-0.1, -0.05) is 37.6 Å². The quantitative estimate of drug-likeness (QED) is 0.670. The third-order valence-electron chi connectivity index (χ3n) is 3.13. The topological polar surface area (TPSA) is 41.1 Å². The van der Waals surface area contributed by atoms with Crippen LogP contribution in [-0.4, -0.2) is 26.0 Å². The van der Waals surface area contributed by atoms with Crippen LogP contribution < -0.4 is 10.6 Å². The van der Waals surface area contributed by atoms with Crippen LogP contribution in [-0.2, 0) is 17.6 Å². The molecule has 0 aromatic heterocycles. The molecule has 19 heavy (non-hydrogen) atoms. The van der Waals surface area contributed by atoms with Gasteiger partial charge in [-0.05, 0) is 44.0 Å². The predicted octanol–water partition coefficient (Wildman–Crippen LogP) is 2.30. The Morgan fingerprint density at radius 2 is 1.74 bits per heavy atom. The van der Waals surface area contributed by atoms with E-state index in [1.54, 1.807) is 0 Å². The van der Waals surface area contributed by atoms with Gasteiger partial charge in [0.25, 0.3) is 0 Å². The second-order valence-corrected chi connectivity index (χ2v) is 4.90. The second-order valence-electron chi connectivity index (χ2n) is 4.90. The highest BCUT2D eigenvalue weighted by atomic mass is 16.1. The summed E-state index contributed by atoms with van der Waals surface area (Å²) in [5.41, 5.74) is 2.45. The zero-order chi connectivity index (χ0) is 13.9. The maximum Gasteiger partial charge on any atom is 0.224 e. The molecule has 1 amide bonds. The van der Waals surface area contributed by atoms with Crippen LogP contribution in [0.1, 0.15) is 37.3 Å². The standard InChI is InChI=1S/C16H26N2O/c1-3-4-6-14-7-9-15(10-8-14)13-16(19)18-12-5-11-17-2/h7-10,17H,3-6,11-13H2,1-2H3,(H,18,19). The molecule has 0 fully saturated rings. The number of hydrogen-bond acceptors (Lipinski definition) is 2. The molecule has 0 unspecified atom stereocenters. The third kappa shape index (κ3) is 6.97. The van der Waals surface area contributed by atoms with Crippen LogP contribution in [0.3, 0.4) is 0 Å². The van der Waals surface area contributed by atoms with E-state index < -0.39 is 0 Å². The Bertz CT molecular complexity index is 360. The highest BCUT2D eigenvalue weighted by Crippen LogP contribution is 2.08. The number of unbranched alkanes of at least 4 members (excludes halogenated alkanes) is 1. The number of carbonyl (C=O) groups excluding carboxylic acids is 1. The SMILES string of the molecule is CCCCc1ccc(CC(=O)NCCCNC)cc1. The molecule has 3 nitrogen and oxygen atoms in total. The molecule has 2 N–H and O–H groups in total. The molecule has 0 aliphatic rings. The first-order valence-corrected chi connectivity index (χ1v) is 7.25. The summed E-state index contributed by atoms with van der Waals surface area (Å²) in [5.74, 6) is 0.109. The molecular weight excluding hydrogens is 236 g/mol. The Balaban J connectivity index is 2.29. The van der Waals surface area contributed by atoms with E-state index in [9.17, 15) is 4.79 Å². The summed E-state index contributed by atoms with van der Waals surface area (Å²) >= 11 is 0. The smallest absolute Gasteiger partial charge is 0.224 e. The normalized spacial score (nSPS) is 10.4. The number of carbonyl (C=O) groups is 1.